The number of carbonyl (C=O) groups is 8. The van der Waals surface area contributed by atoms with E-state index in [0.717, 1.165) is 87.8 Å². The van der Waals surface area contributed by atoms with Crippen molar-refractivity contribution in [2.45, 2.75) is 189 Å². The van der Waals surface area contributed by atoms with Crippen LogP contribution >= 0.6 is 0 Å². The second-order valence-corrected chi connectivity index (χ2v) is 29.9. The van der Waals surface area contributed by atoms with E-state index >= 15 is 0 Å². The van der Waals surface area contributed by atoms with Crippen molar-refractivity contribution in [3.05, 3.63) is 0 Å². The summed E-state index contributed by atoms with van der Waals surface area (Å²) < 4.78 is 28.4. The number of rotatable bonds is 12. The lowest BCUT2D eigenvalue weighted by molar-refractivity contribution is -0.165. The van der Waals surface area contributed by atoms with E-state index in [4.69, 9.17) is 18.9 Å². The maximum Gasteiger partial charge on any atom is 0.325 e. The summed E-state index contributed by atoms with van der Waals surface area (Å²) in [6, 6.07) is 0. The molecule has 0 radical (unpaired) electrons. The van der Waals surface area contributed by atoms with Gasteiger partial charge in [-0.3, -0.25) is 43.3 Å². The molecule has 0 spiro atoms. The number of esters is 6. The van der Waals surface area contributed by atoms with Gasteiger partial charge in [0.05, 0.1) is 72.8 Å². The van der Waals surface area contributed by atoms with E-state index in [1.54, 1.807) is 20.8 Å². The first kappa shape index (κ1) is 70.4. The minimum Gasteiger partial charge on any atom is -0.469 e. The van der Waals surface area contributed by atoms with Crippen molar-refractivity contribution in [2.24, 2.45) is 139 Å². The fourth-order valence-electron chi connectivity index (χ4n) is 17.6. The molecular weight excluding hydrogens is 1040 g/mol. The molecule has 470 valence electrons. The summed E-state index contributed by atoms with van der Waals surface area (Å²) in [5, 5.41) is 0. The van der Waals surface area contributed by atoms with E-state index in [1.807, 2.05) is 55.4 Å². The number of carbonyl (C=O) groups excluding carboxylic acids is 8. The van der Waals surface area contributed by atoms with Gasteiger partial charge in [-0.25, -0.2) is 0 Å². The molecule has 0 N–H and O–H groups in total. The first-order chi connectivity index (χ1) is 37.8. The van der Waals surface area contributed by atoms with Crippen LogP contribution in [0.15, 0.2) is 0 Å². The predicted octanol–water partition coefficient (Wildman–Crippen LogP) is 12.3. The molecule has 0 aromatic heterocycles. The van der Waals surface area contributed by atoms with Crippen LogP contribution in [0.3, 0.4) is 0 Å². The van der Waals surface area contributed by atoms with Gasteiger partial charge in [0.25, 0.3) is 0 Å². The van der Waals surface area contributed by atoms with Crippen LogP contribution in [0, 0.1) is 139 Å². The summed E-state index contributed by atoms with van der Waals surface area (Å²) in [5.74, 6) is 11.1. The Bertz CT molecular complexity index is 2230. The smallest absolute Gasteiger partial charge is 0.325 e. The third kappa shape index (κ3) is 13.0. The normalized spacial score (nSPS) is 37.7. The number of hydrogen-bond acceptors (Lipinski definition) is 14. The summed E-state index contributed by atoms with van der Waals surface area (Å²) in [6.07, 6.45) is 9.64. The van der Waals surface area contributed by atoms with Gasteiger partial charge < -0.3 is 28.4 Å². The molecule has 7 saturated carbocycles. The lowest BCUT2D eigenvalue weighted by atomic mass is 9.54. The summed E-state index contributed by atoms with van der Waals surface area (Å²) in [6.45, 7) is 39.7. The van der Waals surface area contributed by atoms with Gasteiger partial charge in [-0.2, -0.15) is 0 Å². The van der Waals surface area contributed by atoms with Crippen LogP contribution in [-0.4, -0.2) is 102 Å². The monoisotopic (exact) mass is 1160 g/mol. The molecule has 8 rings (SSSR count). The molecule has 15 heteroatoms. The van der Waals surface area contributed by atoms with Gasteiger partial charge in [-0.05, 0) is 163 Å². The van der Waals surface area contributed by atoms with Crippen molar-refractivity contribution in [1.29, 1.82) is 0 Å². The molecule has 6 bridgehead atoms. The third-order valence-electron chi connectivity index (χ3n) is 25.0. The van der Waals surface area contributed by atoms with Crippen molar-refractivity contribution in [1.82, 2.24) is 4.90 Å². The topological polar surface area (TPSA) is 195 Å². The van der Waals surface area contributed by atoms with Crippen molar-refractivity contribution in [3.8, 4) is 0 Å². The number of methoxy groups -OCH3 is 6. The van der Waals surface area contributed by atoms with E-state index in [1.165, 1.54) is 81.2 Å². The SMILES string of the molecule is CCC1CC(CC)C2C1C1CC2C(C)(CC(=O)OC)C1C.COC(=O)C(C)(C)C(C)(C)C.COC(=O)CC(C)(C(=O)OC)C(C)(C)C.COC(=O)CC1(C)C(C)C2CC1C1C3CC(C(C)C3C)C21.COC(=O)CN1C(=O)C(C)C(C)C1=O. The van der Waals surface area contributed by atoms with Crippen molar-refractivity contribution < 1.29 is 66.8 Å². The van der Waals surface area contributed by atoms with Gasteiger partial charge in [-0.1, -0.05) is 124 Å². The Balaban J connectivity index is 0.000000225. The second-order valence-electron chi connectivity index (χ2n) is 29.9. The molecule has 21 atom stereocenters. The van der Waals surface area contributed by atoms with Crippen LogP contribution in [0.5, 0.6) is 0 Å². The molecule has 1 aliphatic heterocycles. The number of nitrogens with zero attached hydrogens (tertiary/aromatic N) is 1. The van der Waals surface area contributed by atoms with E-state index in [9.17, 15) is 38.4 Å². The maximum absolute atomic E-state index is 11.9. The lowest BCUT2D eigenvalue weighted by Gasteiger charge is -2.50. The fourth-order valence-corrected chi connectivity index (χ4v) is 17.6. The van der Waals surface area contributed by atoms with Gasteiger partial charge in [0, 0.05) is 11.8 Å². The number of amides is 2. The Kier molecular flexibility index (Phi) is 22.9. The van der Waals surface area contributed by atoms with Crippen LogP contribution in [0.2, 0.25) is 0 Å². The Labute approximate surface area is 495 Å². The first-order valence-electron chi connectivity index (χ1n) is 31.1. The summed E-state index contributed by atoms with van der Waals surface area (Å²) in [5.41, 5.74) is -1.34. The largest absolute Gasteiger partial charge is 0.469 e. The van der Waals surface area contributed by atoms with Gasteiger partial charge >= 0.3 is 35.8 Å². The highest BCUT2D eigenvalue weighted by Gasteiger charge is 2.71. The minimum atomic E-state index is -0.866. The van der Waals surface area contributed by atoms with Gasteiger partial charge in [0.2, 0.25) is 11.8 Å². The Morgan fingerprint density at radius 1 is 0.476 bits per heavy atom. The number of imide groups is 1. The fraction of sp³-hybridized carbons (Fsp3) is 0.881. The summed E-state index contributed by atoms with van der Waals surface area (Å²) in [7, 11) is 8.35. The van der Waals surface area contributed by atoms with Crippen LogP contribution < -0.4 is 0 Å². The maximum atomic E-state index is 11.9. The minimum absolute atomic E-state index is 0.00183. The molecule has 2 amide bonds. The highest BCUT2D eigenvalue weighted by atomic mass is 16.5. The predicted molar refractivity (Wildman–Crippen MR) is 316 cm³/mol. The molecule has 0 aromatic rings. The second kappa shape index (κ2) is 26.7. The van der Waals surface area contributed by atoms with Crippen molar-refractivity contribution in [2.75, 3.05) is 49.2 Å². The number of likely N-dealkylation sites (tertiary alicyclic amines) is 1. The summed E-state index contributed by atoms with van der Waals surface area (Å²) in [4.78, 5) is 92.9. The first-order valence-corrected chi connectivity index (χ1v) is 31.1. The Hall–Kier alpha value is -4.04. The van der Waals surface area contributed by atoms with Crippen LogP contribution in [0.1, 0.15) is 189 Å². The molecule has 82 heavy (non-hydrogen) atoms. The zero-order valence-electron chi connectivity index (χ0n) is 55.6. The lowest BCUT2D eigenvalue weighted by Crippen LogP contribution is -2.47. The van der Waals surface area contributed by atoms with Crippen molar-refractivity contribution >= 4 is 47.6 Å². The molecule has 1 saturated heterocycles. The van der Waals surface area contributed by atoms with E-state index in [2.05, 4.69) is 64.9 Å². The zero-order valence-corrected chi connectivity index (χ0v) is 55.6. The van der Waals surface area contributed by atoms with Crippen LogP contribution in [0.25, 0.3) is 0 Å². The molecule has 7 aliphatic carbocycles. The van der Waals surface area contributed by atoms with Gasteiger partial charge in [0.1, 0.15) is 6.54 Å². The van der Waals surface area contributed by atoms with Crippen LogP contribution in [0.4, 0.5) is 0 Å². The standard InChI is InChI=1S/C19H30O2.C19H32O2.C11H20O4.C9H13NO4.C9H18O2/c1-9-10(2)13-6-12(9)17-14-7-15(18(13)17)19(4,11(14)3)8-16(20)21-5;1-6-12-8-13(7-2)18-15-9-14(17(12)18)11(3)19(15,4)10-16(20)21-5;1-10(2,3)11(4,9(13)15-6)7-8(12)14-5;1-5-6(2)9(13)10(8(5)12)4-7(11)14-3;1-8(2,3)9(4,5)7(10)11-6/h9-15,17-18H,6-8H2,1-5H3;11-15,17-18H,6-10H2,1-5H3;7H2,1-6H3;5-6H,4H2,1-3H3;1-6H3. The van der Waals surface area contributed by atoms with E-state index in [-0.39, 0.29) is 82.2 Å². The summed E-state index contributed by atoms with van der Waals surface area (Å²) >= 11 is 0. The number of hydrogen-bond donors (Lipinski definition) is 0. The quantitative estimate of drug-likeness (QED) is 0.0774. The highest BCUT2D eigenvalue weighted by Crippen LogP contribution is 2.76. The van der Waals surface area contributed by atoms with E-state index in [0.29, 0.717) is 24.7 Å². The number of ether oxygens (including phenoxy) is 6. The molecule has 8 aliphatic rings. The van der Waals surface area contributed by atoms with Crippen LogP contribution in [-0.2, 0) is 66.8 Å². The van der Waals surface area contributed by atoms with Gasteiger partial charge in [0.15, 0.2) is 0 Å². The molecule has 0 aromatic carbocycles. The molecule has 1 heterocycles. The molecule has 21 unspecified atom stereocenters. The highest BCUT2D eigenvalue weighted by molar-refractivity contribution is 6.06. The van der Waals surface area contributed by atoms with E-state index < -0.39 is 22.8 Å². The average Bonchev–Trinajstić information content (AvgIpc) is 1.97. The average molecular weight is 1160 g/mol. The number of fused-ring (bicyclic) bond motifs is 14. The zero-order chi connectivity index (χ0) is 62.9. The Morgan fingerprint density at radius 2 is 0.866 bits per heavy atom. The molecule has 8 fully saturated rings. The third-order valence-corrected chi connectivity index (χ3v) is 25.0. The van der Waals surface area contributed by atoms with Gasteiger partial charge in [-0.15, -0.1) is 0 Å². The molecular formula is C67H113NO14. The molecule has 15 nitrogen and oxygen atoms in total. The Morgan fingerprint density at radius 3 is 1.23 bits per heavy atom. The van der Waals surface area contributed by atoms with Crippen molar-refractivity contribution in [3.63, 3.8) is 0 Å².